The molecule has 0 radical (unpaired) electrons. The Morgan fingerprint density at radius 2 is 1.79 bits per heavy atom. The number of aromatic nitrogens is 3. The minimum absolute atomic E-state index is 0.000879. The lowest BCUT2D eigenvalue weighted by atomic mass is 10.00. The van der Waals surface area contributed by atoms with Gasteiger partial charge in [-0.2, -0.15) is 23.5 Å². The molecule has 0 unspecified atom stereocenters. The lowest BCUT2D eigenvalue weighted by Crippen LogP contribution is -2.13. The van der Waals surface area contributed by atoms with E-state index < -0.39 is 17.5 Å². The number of benzene rings is 2. The summed E-state index contributed by atoms with van der Waals surface area (Å²) >= 11 is 11.6. The summed E-state index contributed by atoms with van der Waals surface area (Å²) in [5.41, 5.74) is -1.26. The van der Waals surface area contributed by atoms with Gasteiger partial charge in [0.25, 0.3) is 0 Å². The first kappa shape index (κ1) is 20.6. The van der Waals surface area contributed by atoms with E-state index >= 15 is 0 Å². The van der Waals surface area contributed by atoms with Gasteiger partial charge in [-0.25, -0.2) is 9.67 Å². The summed E-state index contributed by atoms with van der Waals surface area (Å²) < 4.78 is 42.0. The Kier molecular flexibility index (Phi) is 5.73. The number of carbonyl (C=O) groups is 1. The molecule has 2 aromatic carbocycles. The molecule has 0 aliphatic carbocycles. The van der Waals surface area contributed by atoms with Crippen LogP contribution in [-0.2, 0) is 0 Å². The molecule has 0 amide bonds. The van der Waals surface area contributed by atoms with Crippen molar-refractivity contribution in [3.05, 3.63) is 81.9 Å². The molecular weight excluding hydrogens is 428 g/mol. The maximum atomic E-state index is 13.6. The molecule has 1 aromatic heterocycles. The SMILES string of the molecule is N#Cc1cc(C(=O)C=C(c2cc(Cl)cc(Cl)c2)C(F)(F)F)ccc1-n1cncn1. The number of nitriles is 1. The highest BCUT2D eigenvalue weighted by Gasteiger charge is 2.35. The van der Waals surface area contributed by atoms with Crippen LogP contribution in [0.1, 0.15) is 21.5 Å². The predicted molar refractivity (Wildman–Crippen MR) is 101 cm³/mol. The number of rotatable bonds is 4. The molecule has 3 rings (SSSR count). The summed E-state index contributed by atoms with van der Waals surface area (Å²) in [6.45, 7) is 0. The van der Waals surface area contributed by atoms with E-state index in [1.807, 2.05) is 6.07 Å². The zero-order valence-electron chi connectivity index (χ0n) is 14.3. The molecule has 0 atom stereocenters. The van der Waals surface area contributed by atoms with E-state index in [9.17, 15) is 23.2 Å². The van der Waals surface area contributed by atoms with Gasteiger partial charge in [-0.1, -0.05) is 23.2 Å². The van der Waals surface area contributed by atoms with Crippen molar-refractivity contribution in [3.63, 3.8) is 0 Å². The van der Waals surface area contributed by atoms with Crippen molar-refractivity contribution < 1.29 is 18.0 Å². The number of hydrogen-bond donors (Lipinski definition) is 0. The summed E-state index contributed by atoms with van der Waals surface area (Å²) in [7, 11) is 0. The van der Waals surface area contributed by atoms with Crippen molar-refractivity contribution in [2.24, 2.45) is 0 Å². The third kappa shape index (κ3) is 4.65. The number of ketones is 1. The van der Waals surface area contributed by atoms with E-state index in [4.69, 9.17) is 23.2 Å². The Labute approximate surface area is 172 Å². The fraction of sp³-hybridized carbons (Fsp3) is 0.0526. The topological polar surface area (TPSA) is 71.6 Å². The highest BCUT2D eigenvalue weighted by atomic mass is 35.5. The Bertz CT molecular complexity index is 1130. The molecule has 0 aliphatic rings. The first-order valence-corrected chi connectivity index (χ1v) is 8.63. The monoisotopic (exact) mass is 436 g/mol. The lowest BCUT2D eigenvalue weighted by molar-refractivity contribution is -0.0689. The first-order valence-electron chi connectivity index (χ1n) is 7.88. The summed E-state index contributed by atoms with van der Waals surface area (Å²) in [4.78, 5) is 16.3. The van der Waals surface area contributed by atoms with Crippen molar-refractivity contribution in [2.75, 3.05) is 0 Å². The van der Waals surface area contributed by atoms with Gasteiger partial charge in [-0.3, -0.25) is 4.79 Å². The molecule has 1 heterocycles. The van der Waals surface area contributed by atoms with Crippen LogP contribution in [0.3, 0.4) is 0 Å². The molecule has 0 fully saturated rings. The van der Waals surface area contributed by atoms with Gasteiger partial charge in [-0.15, -0.1) is 0 Å². The third-order valence-corrected chi connectivity index (χ3v) is 4.26. The van der Waals surface area contributed by atoms with Crippen molar-refractivity contribution in [1.29, 1.82) is 5.26 Å². The summed E-state index contributed by atoms with van der Waals surface area (Å²) in [6, 6.07) is 9.19. The van der Waals surface area contributed by atoms with Crippen LogP contribution < -0.4 is 0 Å². The van der Waals surface area contributed by atoms with Gasteiger partial charge in [0.15, 0.2) is 5.78 Å². The van der Waals surface area contributed by atoms with Gasteiger partial charge >= 0.3 is 6.18 Å². The van der Waals surface area contributed by atoms with Crippen LogP contribution in [0.15, 0.2) is 55.1 Å². The highest BCUT2D eigenvalue weighted by Crippen LogP contribution is 2.36. The van der Waals surface area contributed by atoms with Crippen LogP contribution in [0.2, 0.25) is 10.0 Å². The average Bonchev–Trinajstić information content (AvgIpc) is 3.18. The molecule has 29 heavy (non-hydrogen) atoms. The molecule has 0 spiro atoms. The highest BCUT2D eigenvalue weighted by molar-refractivity contribution is 6.35. The first-order chi connectivity index (χ1) is 13.7. The number of nitrogens with zero attached hydrogens (tertiary/aromatic N) is 4. The van der Waals surface area contributed by atoms with Crippen LogP contribution in [0, 0.1) is 11.3 Å². The fourth-order valence-electron chi connectivity index (χ4n) is 2.56. The van der Waals surface area contributed by atoms with Gasteiger partial charge in [0.05, 0.1) is 16.8 Å². The van der Waals surface area contributed by atoms with Gasteiger partial charge < -0.3 is 0 Å². The molecule has 0 aliphatic heterocycles. The van der Waals surface area contributed by atoms with Crippen LogP contribution in [0.5, 0.6) is 0 Å². The second-order valence-corrected chi connectivity index (χ2v) is 6.63. The Balaban J connectivity index is 2.05. The molecule has 0 bridgehead atoms. The minimum atomic E-state index is -4.83. The zero-order valence-corrected chi connectivity index (χ0v) is 15.8. The maximum Gasteiger partial charge on any atom is 0.417 e. The number of alkyl halides is 3. The molecule has 3 aromatic rings. The van der Waals surface area contributed by atoms with Crippen LogP contribution in [0.25, 0.3) is 11.3 Å². The van der Waals surface area contributed by atoms with Gasteiger partial charge in [0.1, 0.15) is 18.7 Å². The van der Waals surface area contributed by atoms with Crippen LogP contribution in [0.4, 0.5) is 13.2 Å². The quantitative estimate of drug-likeness (QED) is 0.412. The van der Waals surface area contributed by atoms with Crippen molar-refractivity contribution >= 4 is 34.6 Å². The zero-order chi connectivity index (χ0) is 21.2. The van der Waals surface area contributed by atoms with Crippen LogP contribution >= 0.6 is 23.2 Å². The smallest absolute Gasteiger partial charge is 0.289 e. The number of carbonyl (C=O) groups excluding carboxylic acids is 1. The van der Waals surface area contributed by atoms with E-state index in [-0.39, 0.29) is 26.7 Å². The predicted octanol–water partition coefficient (Wildman–Crippen LogP) is 5.27. The molecule has 5 nitrogen and oxygen atoms in total. The number of halogens is 5. The van der Waals surface area contributed by atoms with Gasteiger partial charge in [-0.05, 0) is 48.0 Å². The third-order valence-electron chi connectivity index (χ3n) is 3.82. The maximum absolute atomic E-state index is 13.6. The van der Waals surface area contributed by atoms with E-state index in [2.05, 4.69) is 10.1 Å². The normalized spacial score (nSPS) is 11.9. The molecule has 0 saturated heterocycles. The summed E-state index contributed by atoms with van der Waals surface area (Å²) in [5, 5.41) is 13.2. The van der Waals surface area contributed by atoms with Crippen LogP contribution in [-0.4, -0.2) is 26.7 Å². The van der Waals surface area contributed by atoms with Crippen molar-refractivity contribution in [1.82, 2.24) is 14.8 Å². The summed E-state index contributed by atoms with van der Waals surface area (Å²) in [6.07, 6.45) is -1.77. The number of hydrogen-bond acceptors (Lipinski definition) is 4. The summed E-state index contributed by atoms with van der Waals surface area (Å²) in [5.74, 6) is -0.935. The molecule has 146 valence electrons. The number of allylic oxidation sites excluding steroid dienone is 2. The molecular formula is C19H9Cl2F3N4O. The van der Waals surface area contributed by atoms with E-state index in [0.29, 0.717) is 11.8 Å². The Morgan fingerprint density at radius 1 is 1.10 bits per heavy atom. The van der Waals surface area contributed by atoms with Crippen molar-refractivity contribution in [3.8, 4) is 11.8 Å². The van der Waals surface area contributed by atoms with E-state index in [0.717, 1.165) is 12.1 Å². The van der Waals surface area contributed by atoms with E-state index in [1.165, 1.54) is 41.6 Å². The average molecular weight is 437 g/mol. The second-order valence-electron chi connectivity index (χ2n) is 5.76. The molecule has 10 heteroatoms. The second kappa shape index (κ2) is 8.07. The lowest BCUT2D eigenvalue weighted by Gasteiger charge is -2.13. The molecule has 0 saturated carbocycles. The van der Waals surface area contributed by atoms with E-state index in [1.54, 1.807) is 0 Å². The molecule has 0 N–H and O–H groups in total. The standard InChI is InChI=1S/C19H9Cl2F3N4O/c20-14-4-12(5-15(21)6-14)16(19(22,23)24)7-18(29)11-1-2-17(13(3-11)8-25)28-10-26-9-27-28/h1-7,9-10H. The Morgan fingerprint density at radius 3 is 2.34 bits per heavy atom. The van der Waals surface area contributed by atoms with Gasteiger partial charge in [0.2, 0.25) is 0 Å². The van der Waals surface area contributed by atoms with Gasteiger partial charge in [0, 0.05) is 15.6 Å². The Hall–Kier alpha value is -3.15. The minimum Gasteiger partial charge on any atom is -0.289 e. The largest absolute Gasteiger partial charge is 0.417 e. The van der Waals surface area contributed by atoms with Crippen molar-refractivity contribution in [2.45, 2.75) is 6.18 Å². The fourth-order valence-corrected chi connectivity index (χ4v) is 3.09.